The van der Waals surface area contributed by atoms with Crippen molar-refractivity contribution in [3.8, 4) is 22.3 Å². The summed E-state index contributed by atoms with van der Waals surface area (Å²) in [7, 11) is -1.34. The van der Waals surface area contributed by atoms with Crippen molar-refractivity contribution in [1.82, 2.24) is 0 Å². The molecule has 0 spiro atoms. The Morgan fingerprint density at radius 3 is 1.19 bits per heavy atom. The zero-order chi connectivity index (χ0) is 38.0. The molecule has 282 valence electrons. The van der Waals surface area contributed by atoms with Gasteiger partial charge in [0.2, 0.25) is 0 Å². The first kappa shape index (κ1) is 51.5. The average Bonchev–Trinajstić information content (AvgIpc) is 3.10. The predicted octanol–water partition coefficient (Wildman–Crippen LogP) is 14.6. The van der Waals surface area contributed by atoms with E-state index in [1.54, 1.807) is 24.3 Å². The highest BCUT2D eigenvalue weighted by Gasteiger charge is 2.11. The lowest BCUT2D eigenvalue weighted by Gasteiger charge is -2.04. The first-order valence-corrected chi connectivity index (χ1v) is 19.5. The third kappa shape index (κ3) is 22.0. The zero-order valence-electron chi connectivity index (χ0n) is 27.4. The highest BCUT2D eigenvalue weighted by Crippen LogP contribution is 2.30. The van der Waals surface area contributed by atoms with Crippen LogP contribution >= 0.6 is 116 Å². The molecule has 0 unspecified atom stereocenters. The quantitative estimate of drug-likeness (QED) is 0.0697. The van der Waals surface area contributed by atoms with Gasteiger partial charge in [-0.15, -0.1) is 37.9 Å². The Bertz CT molecular complexity index is 1810. The van der Waals surface area contributed by atoms with Crippen molar-refractivity contribution in [2.24, 2.45) is 0 Å². The maximum atomic E-state index is 8.58. The minimum atomic E-state index is -1.61. The maximum absolute atomic E-state index is 8.58. The fourth-order valence-electron chi connectivity index (χ4n) is 4.03. The van der Waals surface area contributed by atoms with Gasteiger partial charge in [-0.3, -0.25) is 0 Å². The molecule has 12 heteroatoms. The molecule has 2 N–H and O–H groups in total. The second-order valence-electron chi connectivity index (χ2n) is 10.5. The van der Waals surface area contributed by atoms with E-state index < -0.39 is 10.4 Å². The Hall–Kier alpha value is -1.53. The molecule has 0 aliphatic rings. The third-order valence-corrected chi connectivity index (χ3v) is 9.46. The van der Waals surface area contributed by atoms with E-state index in [2.05, 4.69) is 137 Å². The van der Waals surface area contributed by atoms with E-state index in [1.807, 2.05) is 67.6 Å². The molecule has 0 fully saturated rings. The van der Waals surface area contributed by atoms with E-state index in [-0.39, 0.29) is 14.9 Å². The maximum Gasteiger partial charge on any atom is 0.488 e. The van der Waals surface area contributed by atoms with Crippen LogP contribution in [0.3, 0.4) is 0 Å². The molecule has 0 aliphatic carbocycles. The lowest BCUT2D eigenvalue weighted by atomic mass is 9.81. The van der Waals surface area contributed by atoms with Crippen LogP contribution in [0.5, 0.6) is 0 Å². The molecule has 0 heterocycles. The first-order chi connectivity index (χ1) is 24.0. The van der Waals surface area contributed by atoms with Gasteiger partial charge in [0.15, 0.2) is 0 Å². The van der Waals surface area contributed by atoms with Gasteiger partial charge in [-0.05, 0) is 105 Å². The highest BCUT2D eigenvalue weighted by molar-refractivity contribution is 9.10. The second-order valence-corrected chi connectivity index (χ2v) is 17.2. The number of halogens is 6. The van der Waals surface area contributed by atoms with Gasteiger partial charge < -0.3 is 10.0 Å². The number of hydrogen-bond donors (Lipinski definition) is 5. The molecular weight excluding hydrogens is 933 g/mol. The van der Waals surface area contributed by atoms with Crippen LogP contribution < -0.4 is 5.46 Å². The summed E-state index contributed by atoms with van der Waals surface area (Å²) >= 11 is 39.0. The molecule has 0 aliphatic heterocycles. The highest BCUT2D eigenvalue weighted by atomic mass is 79.9. The molecule has 6 aromatic carbocycles. The molecule has 0 aromatic heterocycles. The number of hydrogen-bond acceptors (Lipinski definition) is 5. The summed E-state index contributed by atoms with van der Waals surface area (Å²) in [5, 5.41) is 17.2. The summed E-state index contributed by atoms with van der Waals surface area (Å²) in [5.41, 5.74) is 7.88. The molecule has 0 saturated carbocycles. The van der Waals surface area contributed by atoms with Crippen molar-refractivity contribution < 1.29 is 10.0 Å². The number of aryl methyl sites for hydroxylation is 2. The Labute approximate surface area is 369 Å². The van der Waals surface area contributed by atoms with Crippen molar-refractivity contribution in [1.29, 1.82) is 0 Å². The number of benzene rings is 6. The van der Waals surface area contributed by atoms with E-state index in [1.165, 1.54) is 33.4 Å². The van der Waals surface area contributed by atoms with Gasteiger partial charge in [0, 0.05) is 23.6 Å². The molecule has 0 atom stereocenters. The van der Waals surface area contributed by atoms with Gasteiger partial charge in [0.05, 0.1) is 0 Å². The fourth-order valence-corrected chi connectivity index (χ4v) is 5.30. The summed E-state index contributed by atoms with van der Waals surface area (Å²) in [4.78, 5) is 3.05. The van der Waals surface area contributed by atoms with Gasteiger partial charge in [-0.1, -0.05) is 186 Å². The monoisotopic (exact) mass is 972 g/mol. The molecule has 6 aromatic rings. The third-order valence-electron chi connectivity index (χ3n) is 6.62. The number of rotatable bonds is 3. The van der Waals surface area contributed by atoms with Gasteiger partial charge >= 0.3 is 7.12 Å². The molecule has 0 saturated heterocycles. The van der Waals surface area contributed by atoms with Crippen molar-refractivity contribution in [2.45, 2.75) is 46.6 Å². The minimum absolute atomic E-state index is 0. The standard InChI is InChI=1S/C13H12S.C12H9BrS.C7H7BrS.C6H7BO2.CCl4.2CH4/c1-10-9-12(7-8-13(10)14)11-5-3-2-4-6-11;13-11-8-10(6-7-12(11)14)9-4-2-1-3-5-9;1-5-4-6(8)2-3-7(5)9;8-7(9)6-4-2-1-3-5-6;2-1(3,4)5;;/h2-9,14H,1H3;1-8,14H;2-4,9H,1H3;1-5,8-9H;;2*1H4. The summed E-state index contributed by atoms with van der Waals surface area (Å²) in [6.45, 7) is 4.11. The van der Waals surface area contributed by atoms with E-state index in [4.69, 9.17) is 56.5 Å². The summed E-state index contributed by atoms with van der Waals surface area (Å²) in [6, 6.07) is 47.8. The molecule has 0 bridgehead atoms. The molecular formula is C41H43BBr2Cl4O2S3. The number of thiol groups is 3. The molecule has 0 radical (unpaired) electrons. The Morgan fingerprint density at radius 2 is 0.849 bits per heavy atom. The molecule has 0 amide bonds. The van der Waals surface area contributed by atoms with Crippen LogP contribution in [0.25, 0.3) is 22.3 Å². The zero-order valence-corrected chi connectivity index (χ0v) is 36.3. The van der Waals surface area contributed by atoms with Crippen molar-refractivity contribution in [3.63, 3.8) is 0 Å². The van der Waals surface area contributed by atoms with Crippen LogP contribution in [-0.2, 0) is 0 Å². The summed E-state index contributed by atoms with van der Waals surface area (Å²) in [5.74, 6) is 0. The lowest BCUT2D eigenvalue weighted by molar-refractivity contribution is 0.426. The topological polar surface area (TPSA) is 40.5 Å². The second kappa shape index (κ2) is 27.1. The van der Waals surface area contributed by atoms with Crippen LogP contribution in [0.2, 0.25) is 0 Å². The average molecular weight is 976 g/mol. The number of alkyl halides is 4. The van der Waals surface area contributed by atoms with Crippen molar-refractivity contribution in [3.05, 3.63) is 166 Å². The lowest BCUT2D eigenvalue weighted by Crippen LogP contribution is -2.29. The van der Waals surface area contributed by atoms with Gasteiger partial charge in [0.1, 0.15) is 0 Å². The van der Waals surface area contributed by atoms with Gasteiger partial charge in [-0.25, -0.2) is 0 Å². The Morgan fingerprint density at radius 1 is 0.491 bits per heavy atom. The van der Waals surface area contributed by atoms with E-state index >= 15 is 0 Å². The van der Waals surface area contributed by atoms with Crippen LogP contribution in [0.15, 0.2) is 169 Å². The van der Waals surface area contributed by atoms with E-state index in [0.29, 0.717) is 5.46 Å². The van der Waals surface area contributed by atoms with Crippen LogP contribution in [0, 0.1) is 13.8 Å². The normalized spacial score (nSPS) is 9.68. The smallest absolute Gasteiger partial charge is 0.423 e. The van der Waals surface area contributed by atoms with Gasteiger partial charge in [0.25, 0.3) is 3.25 Å². The van der Waals surface area contributed by atoms with Crippen LogP contribution in [0.4, 0.5) is 0 Å². The Kier molecular flexibility index (Phi) is 26.4. The van der Waals surface area contributed by atoms with E-state index in [9.17, 15) is 0 Å². The SMILES string of the molecule is C.C.Cc1cc(-c2ccccc2)ccc1S.Cc1cc(Br)ccc1S.ClC(Cl)(Cl)Cl.OB(O)c1ccccc1.Sc1ccc(-c2ccccc2)cc1Br. The van der Waals surface area contributed by atoms with Crippen LogP contribution in [-0.4, -0.2) is 20.4 Å². The fraction of sp³-hybridized carbons (Fsp3) is 0.122. The molecule has 53 heavy (non-hydrogen) atoms. The van der Waals surface area contributed by atoms with Crippen LogP contribution in [0.1, 0.15) is 26.0 Å². The largest absolute Gasteiger partial charge is 0.488 e. The summed E-state index contributed by atoms with van der Waals surface area (Å²) < 4.78 is 0.528. The van der Waals surface area contributed by atoms with Gasteiger partial charge in [-0.2, -0.15) is 0 Å². The molecule has 6 rings (SSSR count). The minimum Gasteiger partial charge on any atom is -0.423 e. The predicted molar refractivity (Wildman–Crippen MR) is 253 cm³/mol. The van der Waals surface area contributed by atoms with Crippen molar-refractivity contribution in [2.75, 3.05) is 0 Å². The Balaban J connectivity index is 0.000000656. The van der Waals surface area contributed by atoms with Crippen molar-refractivity contribution >= 4 is 129 Å². The van der Waals surface area contributed by atoms with E-state index in [0.717, 1.165) is 23.6 Å². The summed E-state index contributed by atoms with van der Waals surface area (Å²) in [6.07, 6.45) is 0. The molecule has 2 nitrogen and oxygen atoms in total. The first-order valence-electron chi connectivity index (χ1n) is 15.1.